The maximum Gasteiger partial charge on any atom is 0.126 e. The van der Waals surface area contributed by atoms with E-state index in [1.54, 1.807) is 6.20 Å². The van der Waals surface area contributed by atoms with Gasteiger partial charge in [0.25, 0.3) is 0 Å². The largest absolute Gasteiger partial charge is 0.370 e. The van der Waals surface area contributed by atoms with Crippen LogP contribution in [0.2, 0.25) is 0 Å². The van der Waals surface area contributed by atoms with E-state index in [9.17, 15) is 0 Å². The van der Waals surface area contributed by atoms with Crippen LogP contribution in [0.4, 0.5) is 5.82 Å². The van der Waals surface area contributed by atoms with Crippen LogP contribution < -0.4 is 5.32 Å². The second kappa shape index (κ2) is 5.43. The van der Waals surface area contributed by atoms with Gasteiger partial charge in [0.2, 0.25) is 0 Å². The Bertz CT molecular complexity index is 494. The molecule has 88 valence electrons. The van der Waals surface area contributed by atoms with Crippen LogP contribution in [-0.4, -0.2) is 16.5 Å². The maximum atomic E-state index is 4.59. The van der Waals surface area contributed by atoms with E-state index in [4.69, 9.17) is 0 Å². The fourth-order valence-electron chi connectivity index (χ4n) is 1.67. The predicted molar refractivity (Wildman–Crippen MR) is 71.0 cm³/mol. The van der Waals surface area contributed by atoms with Crippen molar-refractivity contribution in [2.75, 3.05) is 11.9 Å². The summed E-state index contributed by atoms with van der Waals surface area (Å²) < 4.78 is 0. The van der Waals surface area contributed by atoms with E-state index in [1.807, 2.05) is 30.5 Å². The first-order chi connectivity index (χ1) is 8.31. The third kappa shape index (κ3) is 2.81. The van der Waals surface area contributed by atoms with Gasteiger partial charge in [0.1, 0.15) is 5.82 Å². The molecule has 2 heterocycles. The van der Waals surface area contributed by atoms with Crippen molar-refractivity contribution < 1.29 is 0 Å². The first kappa shape index (κ1) is 11.6. The van der Waals surface area contributed by atoms with Crippen LogP contribution in [0.25, 0.3) is 11.3 Å². The Morgan fingerprint density at radius 2 is 2.12 bits per heavy atom. The lowest BCUT2D eigenvalue weighted by molar-refractivity contribution is 0.970. The quantitative estimate of drug-likeness (QED) is 0.871. The van der Waals surface area contributed by atoms with E-state index in [1.165, 1.54) is 5.56 Å². The molecule has 0 aliphatic heterocycles. The Balaban J connectivity index is 2.30. The summed E-state index contributed by atoms with van der Waals surface area (Å²) in [6.45, 7) is 5.16. The second-order valence-corrected chi connectivity index (χ2v) is 4.03. The molecule has 0 aromatic carbocycles. The minimum atomic E-state index is 0.924. The summed E-state index contributed by atoms with van der Waals surface area (Å²) in [4.78, 5) is 8.74. The predicted octanol–water partition coefficient (Wildman–Crippen LogP) is 3.27. The molecule has 0 fully saturated rings. The molecule has 0 atom stereocenters. The van der Waals surface area contributed by atoms with Gasteiger partial charge in [-0.1, -0.05) is 13.0 Å². The summed E-state index contributed by atoms with van der Waals surface area (Å²) in [7, 11) is 0. The Labute approximate surface area is 102 Å². The molecule has 2 aromatic heterocycles. The zero-order chi connectivity index (χ0) is 12.1. The molecule has 3 nitrogen and oxygen atoms in total. The summed E-state index contributed by atoms with van der Waals surface area (Å²) in [5.74, 6) is 0.924. The molecule has 0 spiro atoms. The molecule has 0 aliphatic carbocycles. The average Bonchev–Trinajstić information content (AvgIpc) is 2.37. The van der Waals surface area contributed by atoms with Gasteiger partial charge in [-0.25, -0.2) is 4.98 Å². The van der Waals surface area contributed by atoms with Crippen molar-refractivity contribution in [1.82, 2.24) is 9.97 Å². The molecule has 0 unspecified atom stereocenters. The zero-order valence-corrected chi connectivity index (χ0v) is 10.3. The number of hydrogen-bond acceptors (Lipinski definition) is 3. The normalized spacial score (nSPS) is 10.2. The van der Waals surface area contributed by atoms with Crippen molar-refractivity contribution in [1.29, 1.82) is 0 Å². The van der Waals surface area contributed by atoms with E-state index in [0.29, 0.717) is 0 Å². The van der Waals surface area contributed by atoms with E-state index < -0.39 is 0 Å². The number of nitrogens with zero attached hydrogens (tertiary/aromatic N) is 2. The zero-order valence-electron chi connectivity index (χ0n) is 10.3. The number of rotatable bonds is 4. The van der Waals surface area contributed by atoms with Crippen molar-refractivity contribution in [3.63, 3.8) is 0 Å². The van der Waals surface area contributed by atoms with Crippen LogP contribution in [0.5, 0.6) is 0 Å². The van der Waals surface area contributed by atoms with Gasteiger partial charge in [-0.05, 0) is 37.1 Å². The minimum Gasteiger partial charge on any atom is -0.370 e. The molecule has 0 radical (unpaired) electrons. The fourth-order valence-corrected chi connectivity index (χ4v) is 1.67. The lowest BCUT2D eigenvalue weighted by Gasteiger charge is -2.07. The Hall–Kier alpha value is -1.90. The summed E-state index contributed by atoms with van der Waals surface area (Å²) in [6, 6.07) is 8.03. The van der Waals surface area contributed by atoms with Crippen LogP contribution in [-0.2, 0) is 0 Å². The Kier molecular flexibility index (Phi) is 3.70. The number of aromatic nitrogens is 2. The summed E-state index contributed by atoms with van der Waals surface area (Å²) in [5, 5.41) is 3.29. The van der Waals surface area contributed by atoms with E-state index >= 15 is 0 Å². The fraction of sp³-hybridized carbons (Fsp3) is 0.286. The molecule has 0 saturated heterocycles. The van der Waals surface area contributed by atoms with Gasteiger partial charge in [-0.15, -0.1) is 0 Å². The number of anilines is 1. The van der Waals surface area contributed by atoms with Gasteiger partial charge in [-0.3, -0.25) is 4.98 Å². The third-order valence-corrected chi connectivity index (χ3v) is 2.62. The molecule has 0 saturated carbocycles. The Morgan fingerprint density at radius 1 is 1.24 bits per heavy atom. The van der Waals surface area contributed by atoms with Crippen LogP contribution >= 0.6 is 0 Å². The molecule has 3 heteroatoms. The molecule has 1 N–H and O–H groups in total. The van der Waals surface area contributed by atoms with Gasteiger partial charge in [-0.2, -0.15) is 0 Å². The van der Waals surface area contributed by atoms with E-state index in [2.05, 4.69) is 29.1 Å². The lowest BCUT2D eigenvalue weighted by Crippen LogP contribution is -2.02. The second-order valence-electron chi connectivity index (χ2n) is 4.03. The van der Waals surface area contributed by atoms with Crippen molar-refractivity contribution in [3.05, 3.63) is 42.2 Å². The van der Waals surface area contributed by atoms with Gasteiger partial charge in [0, 0.05) is 24.5 Å². The first-order valence-electron chi connectivity index (χ1n) is 5.93. The summed E-state index contributed by atoms with van der Waals surface area (Å²) >= 11 is 0. The minimum absolute atomic E-state index is 0.924. The molecular weight excluding hydrogens is 210 g/mol. The first-order valence-corrected chi connectivity index (χ1v) is 5.93. The highest BCUT2D eigenvalue weighted by atomic mass is 15.0. The highest BCUT2D eigenvalue weighted by Gasteiger charge is 2.03. The maximum absolute atomic E-state index is 4.59. The number of aryl methyl sites for hydroxylation is 1. The molecule has 2 aromatic rings. The van der Waals surface area contributed by atoms with Gasteiger partial charge in [0.15, 0.2) is 0 Å². The molecule has 2 rings (SSSR count). The van der Waals surface area contributed by atoms with Crippen LogP contribution in [0.1, 0.15) is 18.9 Å². The molecular formula is C14H17N3. The standard InChI is InChI=1S/C14H17N3/c1-3-8-16-14-6-4-5-13(17-14)12-10-15-9-7-11(12)2/h4-7,9-10H,3,8H2,1-2H3,(H,16,17). The molecule has 17 heavy (non-hydrogen) atoms. The molecule has 0 bridgehead atoms. The van der Waals surface area contributed by atoms with Crippen LogP contribution in [0.3, 0.4) is 0 Å². The highest BCUT2D eigenvalue weighted by Crippen LogP contribution is 2.21. The smallest absolute Gasteiger partial charge is 0.126 e. The van der Waals surface area contributed by atoms with E-state index in [-0.39, 0.29) is 0 Å². The SMILES string of the molecule is CCCNc1cccc(-c2cnccc2C)n1. The summed E-state index contributed by atoms with van der Waals surface area (Å²) in [6.07, 6.45) is 4.76. The van der Waals surface area contributed by atoms with E-state index in [0.717, 1.165) is 30.0 Å². The molecule has 0 aliphatic rings. The monoisotopic (exact) mass is 227 g/mol. The summed E-state index contributed by atoms with van der Waals surface area (Å²) in [5.41, 5.74) is 3.25. The highest BCUT2D eigenvalue weighted by molar-refractivity contribution is 5.63. The van der Waals surface area contributed by atoms with Crippen LogP contribution in [0, 0.1) is 6.92 Å². The number of nitrogens with one attached hydrogen (secondary N) is 1. The van der Waals surface area contributed by atoms with Crippen LogP contribution in [0.15, 0.2) is 36.7 Å². The Morgan fingerprint density at radius 3 is 2.88 bits per heavy atom. The average molecular weight is 227 g/mol. The lowest BCUT2D eigenvalue weighted by atomic mass is 10.1. The van der Waals surface area contributed by atoms with Crippen molar-refractivity contribution in [2.24, 2.45) is 0 Å². The molecule has 0 amide bonds. The van der Waals surface area contributed by atoms with Gasteiger partial charge >= 0.3 is 0 Å². The van der Waals surface area contributed by atoms with Gasteiger partial charge < -0.3 is 5.32 Å². The number of hydrogen-bond donors (Lipinski definition) is 1. The topological polar surface area (TPSA) is 37.8 Å². The van der Waals surface area contributed by atoms with Crippen molar-refractivity contribution in [3.8, 4) is 11.3 Å². The third-order valence-electron chi connectivity index (χ3n) is 2.62. The van der Waals surface area contributed by atoms with Crippen molar-refractivity contribution in [2.45, 2.75) is 20.3 Å². The van der Waals surface area contributed by atoms with Gasteiger partial charge in [0.05, 0.1) is 5.69 Å². The van der Waals surface area contributed by atoms with Crippen molar-refractivity contribution >= 4 is 5.82 Å². The number of pyridine rings is 2.